The van der Waals surface area contributed by atoms with E-state index in [1.54, 1.807) is 4.68 Å². The van der Waals surface area contributed by atoms with Crippen LogP contribution in [-0.4, -0.2) is 51.0 Å². The Morgan fingerprint density at radius 3 is 2.80 bits per heavy atom. The van der Waals surface area contributed by atoms with Gasteiger partial charge in [0, 0.05) is 43.9 Å². The van der Waals surface area contributed by atoms with Gasteiger partial charge in [0.1, 0.15) is 11.3 Å². The van der Waals surface area contributed by atoms with Gasteiger partial charge in [0.15, 0.2) is 0 Å². The Labute approximate surface area is 145 Å². The number of aromatic nitrogens is 4. The SMILES string of the molecule is COCc1nn(Cc2cnc(N3CC4CC4C3)nc2C)cc1C(=O)O. The highest BCUT2D eigenvalue weighted by Crippen LogP contribution is 2.45. The number of carboxylic acids is 1. The molecule has 2 atom stereocenters. The van der Waals surface area contributed by atoms with Crippen LogP contribution in [0.25, 0.3) is 0 Å². The molecular formula is C17H21N5O3. The van der Waals surface area contributed by atoms with Crippen molar-refractivity contribution in [3.8, 4) is 0 Å². The van der Waals surface area contributed by atoms with Crippen molar-refractivity contribution >= 4 is 11.9 Å². The third-order valence-electron chi connectivity index (χ3n) is 5.01. The Balaban J connectivity index is 1.52. The van der Waals surface area contributed by atoms with Crippen molar-refractivity contribution in [2.24, 2.45) is 11.8 Å². The number of hydrogen-bond donors (Lipinski definition) is 1. The van der Waals surface area contributed by atoms with Crippen molar-refractivity contribution in [3.05, 3.63) is 34.9 Å². The van der Waals surface area contributed by atoms with E-state index in [-0.39, 0.29) is 12.2 Å². The Bertz CT molecular complexity index is 809. The van der Waals surface area contributed by atoms with Gasteiger partial charge in [0.25, 0.3) is 0 Å². The van der Waals surface area contributed by atoms with Crippen LogP contribution < -0.4 is 4.90 Å². The molecule has 1 saturated heterocycles. The summed E-state index contributed by atoms with van der Waals surface area (Å²) in [4.78, 5) is 22.7. The number of methoxy groups -OCH3 is 1. The van der Waals surface area contributed by atoms with Gasteiger partial charge in [0.05, 0.1) is 13.2 Å². The van der Waals surface area contributed by atoms with Gasteiger partial charge in [-0.05, 0) is 25.2 Å². The molecule has 8 nitrogen and oxygen atoms in total. The second kappa shape index (κ2) is 6.11. The minimum atomic E-state index is -1.01. The predicted octanol–water partition coefficient (Wildman–Crippen LogP) is 1.33. The van der Waals surface area contributed by atoms with Gasteiger partial charge in [-0.2, -0.15) is 5.10 Å². The molecule has 2 unspecified atom stereocenters. The molecule has 8 heteroatoms. The minimum Gasteiger partial charge on any atom is -0.478 e. The highest BCUT2D eigenvalue weighted by molar-refractivity contribution is 5.88. The Morgan fingerprint density at radius 1 is 1.40 bits per heavy atom. The third kappa shape index (κ3) is 3.09. The van der Waals surface area contributed by atoms with E-state index < -0.39 is 5.97 Å². The lowest BCUT2D eigenvalue weighted by Gasteiger charge is -2.18. The van der Waals surface area contributed by atoms with Crippen molar-refractivity contribution in [2.75, 3.05) is 25.1 Å². The van der Waals surface area contributed by atoms with Gasteiger partial charge in [-0.15, -0.1) is 0 Å². The van der Waals surface area contributed by atoms with Gasteiger partial charge in [0.2, 0.25) is 5.95 Å². The summed E-state index contributed by atoms with van der Waals surface area (Å²) >= 11 is 0. The first kappa shape index (κ1) is 16.0. The molecule has 0 spiro atoms. The number of hydrogen-bond acceptors (Lipinski definition) is 6. The number of fused-ring (bicyclic) bond motifs is 1. The summed E-state index contributed by atoms with van der Waals surface area (Å²) in [5.41, 5.74) is 2.40. The molecule has 0 amide bonds. The fourth-order valence-electron chi connectivity index (χ4n) is 3.49. The van der Waals surface area contributed by atoms with Crippen LogP contribution in [0.5, 0.6) is 0 Å². The van der Waals surface area contributed by atoms with Crippen LogP contribution in [0.1, 0.15) is 33.7 Å². The maximum absolute atomic E-state index is 11.3. The van der Waals surface area contributed by atoms with Crippen molar-refractivity contribution in [3.63, 3.8) is 0 Å². The van der Waals surface area contributed by atoms with E-state index in [1.807, 2.05) is 13.1 Å². The summed E-state index contributed by atoms with van der Waals surface area (Å²) in [6.45, 7) is 4.67. The van der Waals surface area contributed by atoms with Crippen LogP contribution in [0.3, 0.4) is 0 Å². The quantitative estimate of drug-likeness (QED) is 0.845. The third-order valence-corrected chi connectivity index (χ3v) is 5.01. The zero-order valence-corrected chi connectivity index (χ0v) is 14.3. The Hall–Kier alpha value is -2.48. The molecule has 132 valence electrons. The first-order valence-corrected chi connectivity index (χ1v) is 8.41. The highest BCUT2D eigenvalue weighted by atomic mass is 16.5. The first-order valence-electron chi connectivity index (χ1n) is 8.41. The standard InChI is InChI=1S/C17H21N5O3/c1-10-13(4-18-17(19-10)21-5-11-3-12(11)6-21)7-22-8-14(16(23)24)15(20-22)9-25-2/h4,8,11-12H,3,5-7,9H2,1-2H3,(H,23,24). The summed E-state index contributed by atoms with van der Waals surface area (Å²) in [5, 5.41) is 13.6. The van der Waals surface area contributed by atoms with E-state index in [0.29, 0.717) is 12.2 Å². The number of anilines is 1. The molecule has 25 heavy (non-hydrogen) atoms. The molecule has 2 fully saturated rings. The number of aromatic carboxylic acids is 1. The lowest BCUT2D eigenvalue weighted by molar-refractivity contribution is 0.0691. The molecule has 3 heterocycles. The van der Waals surface area contributed by atoms with E-state index in [2.05, 4.69) is 20.0 Å². The largest absolute Gasteiger partial charge is 0.478 e. The minimum absolute atomic E-state index is 0.160. The van der Waals surface area contributed by atoms with Crippen LogP contribution in [0.15, 0.2) is 12.4 Å². The van der Waals surface area contributed by atoms with Crippen LogP contribution in [-0.2, 0) is 17.9 Å². The summed E-state index contributed by atoms with van der Waals surface area (Å²) in [5.74, 6) is 1.46. The fourth-order valence-corrected chi connectivity index (χ4v) is 3.49. The topological polar surface area (TPSA) is 93.4 Å². The van der Waals surface area contributed by atoms with Crippen LogP contribution >= 0.6 is 0 Å². The van der Waals surface area contributed by atoms with Gasteiger partial charge in [-0.3, -0.25) is 4.68 Å². The van der Waals surface area contributed by atoms with Gasteiger partial charge in [-0.25, -0.2) is 14.8 Å². The first-order chi connectivity index (χ1) is 12.0. The summed E-state index contributed by atoms with van der Waals surface area (Å²) in [6.07, 6.45) is 4.69. The number of carboxylic acid groups (broad SMARTS) is 1. The van der Waals surface area contributed by atoms with Crippen molar-refractivity contribution in [1.29, 1.82) is 0 Å². The average Bonchev–Trinajstić information content (AvgIpc) is 3.00. The van der Waals surface area contributed by atoms with E-state index in [0.717, 1.165) is 42.1 Å². The molecule has 1 saturated carbocycles. The predicted molar refractivity (Wildman–Crippen MR) is 89.6 cm³/mol. The normalized spacial score (nSPS) is 21.4. The lowest BCUT2D eigenvalue weighted by Crippen LogP contribution is -2.24. The zero-order chi connectivity index (χ0) is 17.6. The van der Waals surface area contributed by atoms with Crippen molar-refractivity contribution in [2.45, 2.75) is 26.5 Å². The van der Waals surface area contributed by atoms with Crippen LogP contribution in [0, 0.1) is 18.8 Å². The summed E-state index contributed by atoms with van der Waals surface area (Å²) in [7, 11) is 1.52. The second-order valence-electron chi connectivity index (χ2n) is 6.87. The molecule has 1 aliphatic carbocycles. The van der Waals surface area contributed by atoms with E-state index in [9.17, 15) is 9.90 Å². The van der Waals surface area contributed by atoms with Crippen LogP contribution in [0.4, 0.5) is 5.95 Å². The maximum Gasteiger partial charge on any atom is 0.339 e. The molecule has 2 aromatic rings. The molecule has 0 aromatic carbocycles. The summed E-state index contributed by atoms with van der Waals surface area (Å²) < 4.78 is 6.63. The number of carbonyl (C=O) groups is 1. The smallest absolute Gasteiger partial charge is 0.339 e. The zero-order valence-electron chi connectivity index (χ0n) is 14.3. The molecule has 0 radical (unpaired) electrons. The van der Waals surface area contributed by atoms with Gasteiger partial charge >= 0.3 is 5.97 Å². The molecule has 2 aliphatic rings. The molecular weight excluding hydrogens is 322 g/mol. The molecule has 2 aromatic heterocycles. The number of nitrogens with zero attached hydrogens (tertiary/aromatic N) is 5. The molecule has 4 rings (SSSR count). The Morgan fingerprint density at radius 2 is 2.16 bits per heavy atom. The highest BCUT2D eigenvalue weighted by Gasteiger charge is 2.45. The van der Waals surface area contributed by atoms with Crippen molar-refractivity contribution < 1.29 is 14.6 Å². The van der Waals surface area contributed by atoms with E-state index in [1.165, 1.54) is 19.7 Å². The molecule has 1 N–H and O–H groups in total. The van der Waals surface area contributed by atoms with Gasteiger partial charge in [-0.1, -0.05) is 0 Å². The maximum atomic E-state index is 11.3. The molecule has 0 bridgehead atoms. The van der Waals surface area contributed by atoms with Gasteiger partial charge < -0.3 is 14.7 Å². The number of piperidine rings is 1. The number of aryl methyl sites for hydroxylation is 1. The number of rotatable bonds is 6. The van der Waals surface area contributed by atoms with Crippen LogP contribution in [0.2, 0.25) is 0 Å². The van der Waals surface area contributed by atoms with E-state index >= 15 is 0 Å². The monoisotopic (exact) mass is 343 g/mol. The Kier molecular flexibility index (Phi) is 3.91. The fraction of sp³-hybridized carbons (Fsp3) is 0.529. The number of ether oxygens (including phenoxy) is 1. The summed E-state index contributed by atoms with van der Waals surface area (Å²) in [6, 6.07) is 0. The second-order valence-corrected chi connectivity index (χ2v) is 6.87. The molecule has 1 aliphatic heterocycles. The lowest BCUT2D eigenvalue weighted by atomic mass is 10.2. The van der Waals surface area contributed by atoms with E-state index in [4.69, 9.17) is 4.74 Å². The average molecular weight is 343 g/mol. The van der Waals surface area contributed by atoms with Crippen molar-refractivity contribution in [1.82, 2.24) is 19.7 Å².